The number of aryl methyl sites for hydroxylation is 1. The Balaban J connectivity index is 1.99. The van der Waals surface area contributed by atoms with Gasteiger partial charge in [0, 0.05) is 11.8 Å². The van der Waals surface area contributed by atoms with Crippen LogP contribution >= 0.6 is 0 Å². The van der Waals surface area contributed by atoms with E-state index in [4.69, 9.17) is 5.73 Å². The number of nitrogens with one attached hydrogen (secondary N) is 1. The van der Waals surface area contributed by atoms with Gasteiger partial charge in [-0.2, -0.15) is 9.78 Å². The number of primary amides is 1. The number of amides is 1. The second-order valence-electron chi connectivity index (χ2n) is 4.61. The van der Waals surface area contributed by atoms with Crippen LogP contribution in [-0.2, 0) is 0 Å². The summed E-state index contributed by atoms with van der Waals surface area (Å²) in [5, 5.41) is 9.50. The number of hydrogen-bond donors (Lipinski definition) is 2. The molecule has 0 aliphatic rings. The summed E-state index contributed by atoms with van der Waals surface area (Å²) in [5.74, 6) is 0.560. The van der Waals surface area contributed by atoms with Crippen LogP contribution < -0.4 is 11.1 Å². The number of carbonyl (C=O) groups is 1. The predicted octanol–water partition coefficient (Wildman–Crippen LogP) is 3.02. The maximum Gasteiger partial charge on any atom is 0.341 e. The molecule has 2 aromatic carbocycles. The van der Waals surface area contributed by atoms with Crippen molar-refractivity contribution in [3.05, 3.63) is 54.2 Å². The van der Waals surface area contributed by atoms with Crippen LogP contribution in [0.3, 0.4) is 0 Å². The molecule has 0 bridgehead atoms. The Bertz CT molecular complexity index is 791. The number of nitrogens with two attached hydrogens (primary N) is 1. The molecule has 0 saturated heterocycles. The number of nitrogens with zero attached hydrogens (tertiary/aromatic N) is 2. The van der Waals surface area contributed by atoms with Gasteiger partial charge in [-0.1, -0.05) is 30.3 Å². The van der Waals surface area contributed by atoms with E-state index in [-0.39, 0.29) is 0 Å². The zero-order chi connectivity index (χ0) is 14.1. The van der Waals surface area contributed by atoms with Gasteiger partial charge >= 0.3 is 6.03 Å². The Hall–Kier alpha value is -2.82. The molecule has 0 aliphatic heterocycles. The lowest BCUT2D eigenvalue weighted by Crippen LogP contribution is -2.22. The molecular formula is C15H14N4O. The van der Waals surface area contributed by atoms with E-state index < -0.39 is 6.03 Å². The molecule has 0 spiro atoms. The van der Waals surface area contributed by atoms with Crippen molar-refractivity contribution in [3.8, 4) is 0 Å². The molecule has 3 N–H and O–H groups in total. The Morgan fingerprint density at radius 2 is 1.90 bits per heavy atom. The van der Waals surface area contributed by atoms with E-state index in [1.807, 2.05) is 43.3 Å². The highest BCUT2D eigenvalue weighted by Crippen LogP contribution is 2.22. The predicted molar refractivity (Wildman–Crippen MR) is 79.2 cm³/mol. The number of benzene rings is 2. The minimum absolute atomic E-state index is 0.560. The summed E-state index contributed by atoms with van der Waals surface area (Å²) in [6.07, 6.45) is 0. The lowest BCUT2D eigenvalue weighted by Gasteiger charge is -2.08. The molecule has 0 fully saturated rings. The lowest BCUT2D eigenvalue weighted by atomic mass is 10.1. The van der Waals surface area contributed by atoms with Crippen molar-refractivity contribution in [2.75, 3.05) is 5.32 Å². The molecule has 3 aromatic rings. The molecule has 5 heteroatoms. The number of rotatable bonds is 2. The second kappa shape index (κ2) is 4.70. The van der Waals surface area contributed by atoms with Crippen molar-refractivity contribution in [3.63, 3.8) is 0 Å². The summed E-state index contributed by atoms with van der Waals surface area (Å²) in [6.45, 7) is 1.81. The molecule has 0 radical (unpaired) electrons. The third kappa shape index (κ3) is 2.21. The molecule has 100 valence electrons. The quantitative estimate of drug-likeness (QED) is 0.748. The van der Waals surface area contributed by atoms with Gasteiger partial charge in [0.15, 0.2) is 0 Å². The first-order valence-electron chi connectivity index (χ1n) is 6.26. The third-order valence-electron chi connectivity index (χ3n) is 3.06. The van der Waals surface area contributed by atoms with Gasteiger partial charge in [-0.25, -0.2) is 4.79 Å². The number of aromatic nitrogens is 2. The van der Waals surface area contributed by atoms with E-state index in [2.05, 4.69) is 16.5 Å². The molecule has 3 rings (SSSR count). The Kier molecular flexibility index (Phi) is 2.87. The van der Waals surface area contributed by atoms with Gasteiger partial charge < -0.3 is 11.1 Å². The molecule has 1 amide bonds. The first-order chi connectivity index (χ1) is 9.63. The summed E-state index contributed by atoms with van der Waals surface area (Å²) in [6, 6.07) is 15.2. The van der Waals surface area contributed by atoms with Crippen molar-refractivity contribution in [1.29, 1.82) is 0 Å². The van der Waals surface area contributed by atoms with Crippen LogP contribution in [0.5, 0.6) is 0 Å². The Labute approximate surface area is 116 Å². The third-order valence-corrected chi connectivity index (χ3v) is 3.06. The number of hydrogen-bond acceptors (Lipinski definition) is 3. The van der Waals surface area contributed by atoms with E-state index in [1.165, 1.54) is 0 Å². The van der Waals surface area contributed by atoms with Crippen LogP contribution in [0.15, 0.2) is 48.5 Å². The normalized spacial score (nSPS) is 10.7. The summed E-state index contributed by atoms with van der Waals surface area (Å²) in [5.41, 5.74) is 6.90. The van der Waals surface area contributed by atoms with Crippen LogP contribution in [0, 0.1) is 6.92 Å². The summed E-state index contributed by atoms with van der Waals surface area (Å²) < 4.78 is 1.16. The fraction of sp³-hybridized carbons (Fsp3) is 0.0667. The molecule has 0 saturated carbocycles. The van der Waals surface area contributed by atoms with Gasteiger partial charge in [-0.3, -0.25) is 0 Å². The van der Waals surface area contributed by atoms with Gasteiger partial charge in [0.25, 0.3) is 0 Å². The Morgan fingerprint density at radius 3 is 2.65 bits per heavy atom. The smallest absolute Gasteiger partial charge is 0.341 e. The van der Waals surface area contributed by atoms with Crippen molar-refractivity contribution in [2.24, 2.45) is 5.73 Å². The maximum absolute atomic E-state index is 11.3. The van der Waals surface area contributed by atoms with Crippen LogP contribution in [0.4, 0.5) is 16.3 Å². The number of carbonyl (C=O) groups excluding carboxylic acids is 1. The number of anilines is 2. The minimum Gasteiger partial charge on any atom is -0.350 e. The first-order valence-corrected chi connectivity index (χ1v) is 6.26. The molecule has 0 unspecified atom stereocenters. The van der Waals surface area contributed by atoms with Gasteiger partial charge in [-0.15, -0.1) is 0 Å². The molecule has 1 aromatic heterocycles. The van der Waals surface area contributed by atoms with Crippen molar-refractivity contribution in [2.45, 2.75) is 6.92 Å². The molecular weight excluding hydrogens is 252 g/mol. The van der Waals surface area contributed by atoms with Crippen LogP contribution in [0.1, 0.15) is 5.69 Å². The van der Waals surface area contributed by atoms with Gasteiger partial charge in [0.05, 0.1) is 5.69 Å². The fourth-order valence-electron chi connectivity index (χ4n) is 2.17. The maximum atomic E-state index is 11.3. The highest BCUT2D eigenvalue weighted by atomic mass is 16.2. The van der Waals surface area contributed by atoms with Crippen molar-refractivity contribution in [1.82, 2.24) is 9.78 Å². The largest absolute Gasteiger partial charge is 0.350 e. The Morgan fingerprint density at radius 1 is 1.15 bits per heavy atom. The summed E-state index contributed by atoms with van der Waals surface area (Å²) >= 11 is 0. The average molecular weight is 266 g/mol. The van der Waals surface area contributed by atoms with Gasteiger partial charge in [0.2, 0.25) is 0 Å². The van der Waals surface area contributed by atoms with E-state index in [1.54, 1.807) is 6.07 Å². The minimum atomic E-state index is -0.610. The molecule has 0 aliphatic carbocycles. The van der Waals surface area contributed by atoms with E-state index >= 15 is 0 Å². The van der Waals surface area contributed by atoms with E-state index in [9.17, 15) is 4.79 Å². The van der Waals surface area contributed by atoms with Crippen LogP contribution in [0.25, 0.3) is 10.8 Å². The van der Waals surface area contributed by atoms with Crippen molar-refractivity contribution >= 4 is 28.3 Å². The van der Waals surface area contributed by atoms with E-state index in [0.717, 1.165) is 26.8 Å². The topological polar surface area (TPSA) is 72.9 Å². The van der Waals surface area contributed by atoms with Crippen LogP contribution in [-0.4, -0.2) is 15.8 Å². The van der Waals surface area contributed by atoms with Gasteiger partial charge in [-0.05, 0) is 29.8 Å². The van der Waals surface area contributed by atoms with Crippen molar-refractivity contribution < 1.29 is 4.79 Å². The van der Waals surface area contributed by atoms with E-state index in [0.29, 0.717) is 5.82 Å². The molecule has 0 atom stereocenters. The first kappa shape index (κ1) is 12.2. The molecule has 20 heavy (non-hydrogen) atoms. The second-order valence-corrected chi connectivity index (χ2v) is 4.61. The number of fused-ring (bicyclic) bond motifs is 1. The van der Waals surface area contributed by atoms with Crippen LogP contribution in [0.2, 0.25) is 0 Å². The monoisotopic (exact) mass is 266 g/mol. The zero-order valence-corrected chi connectivity index (χ0v) is 11.0. The lowest BCUT2D eigenvalue weighted by molar-refractivity contribution is 0.248. The highest BCUT2D eigenvalue weighted by molar-refractivity contribution is 5.87. The SMILES string of the molecule is Cc1cc(Nc2ccc3ccccc3c2)n(C(N)=O)n1. The van der Waals surface area contributed by atoms with Gasteiger partial charge in [0.1, 0.15) is 5.82 Å². The average Bonchev–Trinajstić information content (AvgIpc) is 2.80. The summed E-state index contributed by atoms with van der Waals surface area (Å²) in [4.78, 5) is 11.3. The fourth-order valence-corrected chi connectivity index (χ4v) is 2.17. The highest BCUT2D eigenvalue weighted by Gasteiger charge is 2.09. The molecule has 5 nitrogen and oxygen atoms in total. The summed E-state index contributed by atoms with van der Waals surface area (Å²) in [7, 11) is 0. The zero-order valence-electron chi connectivity index (χ0n) is 11.0. The molecule has 1 heterocycles. The standard InChI is InChI=1S/C15H14N4O/c1-10-8-14(19(18-10)15(16)20)17-13-7-6-11-4-2-3-5-12(11)9-13/h2-9,17H,1H3,(H2,16,20).